The average molecular weight is 309 g/mol. The zero-order chi connectivity index (χ0) is 11.0. The molecule has 0 spiro atoms. The van der Waals surface area contributed by atoms with Gasteiger partial charge in [0.15, 0.2) is 0 Å². The van der Waals surface area contributed by atoms with Crippen molar-refractivity contribution in [3.8, 4) is 0 Å². The number of amides is 1. The lowest BCUT2D eigenvalue weighted by atomic mass is 9.71. The van der Waals surface area contributed by atoms with Crippen LogP contribution in [0.2, 0.25) is 0 Å². The Morgan fingerprint density at radius 2 is 1.64 bits per heavy atom. The summed E-state index contributed by atoms with van der Waals surface area (Å²) in [6.07, 6.45) is 1.20. The van der Waals surface area contributed by atoms with Crippen LogP contribution in [0.4, 0.5) is 0 Å². The van der Waals surface area contributed by atoms with Gasteiger partial charge in [-0.25, -0.2) is 0 Å². The highest BCUT2D eigenvalue weighted by Crippen LogP contribution is 2.39. The Balaban J connectivity index is 2.76. The van der Waals surface area contributed by atoms with E-state index in [2.05, 4.69) is 50.3 Å². The minimum Gasteiger partial charge on any atom is -0.341 e. The van der Waals surface area contributed by atoms with Crippen molar-refractivity contribution in [1.29, 1.82) is 0 Å². The third-order valence-electron chi connectivity index (χ3n) is 2.66. The second-order valence-electron chi connectivity index (χ2n) is 5.89. The maximum atomic E-state index is 11.7. The van der Waals surface area contributed by atoms with Crippen molar-refractivity contribution in [2.24, 2.45) is 10.8 Å². The number of hydrogen-bond donors (Lipinski definition) is 0. The van der Waals surface area contributed by atoms with Crippen molar-refractivity contribution in [2.75, 3.05) is 17.5 Å². The van der Waals surface area contributed by atoms with E-state index in [4.69, 9.17) is 0 Å². The largest absolute Gasteiger partial charge is 0.341 e. The molecule has 1 rings (SSSR count). The summed E-state index contributed by atoms with van der Waals surface area (Å²) in [4.78, 5) is 13.7. The second-order valence-corrected chi connectivity index (χ2v) is 6.65. The van der Waals surface area contributed by atoms with Gasteiger partial charge in [0.1, 0.15) is 0 Å². The van der Waals surface area contributed by atoms with Gasteiger partial charge < -0.3 is 4.90 Å². The molecule has 0 aromatic heterocycles. The summed E-state index contributed by atoms with van der Waals surface area (Å²) in [5.74, 6) is 0.284. The van der Waals surface area contributed by atoms with E-state index in [1.807, 2.05) is 4.90 Å². The van der Waals surface area contributed by atoms with Crippen molar-refractivity contribution in [3.63, 3.8) is 0 Å². The van der Waals surface area contributed by atoms with Crippen LogP contribution in [0.15, 0.2) is 0 Å². The predicted octanol–water partition coefficient (Wildman–Crippen LogP) is 2.71. The first kappa shape index (κ1) is 12.3. The van der Waals surface area contributed by atoms with Gasteiger partial charge in [0.2, 0.25) is 5.91 Å². The van der Waals surface area contributed by atoms with E-state index in [0.29, 0.717) is 4.43 Å². The fourth-order valence-electron chi connectivity index (χ4n) is 2.76. The molecule has 3 heteroatoms. The fourth-order valence-corrected chi connectivity index (χ4v) is 3.24. The number of carbonyl (C=O) groups excluding carboxylic acids is 1. The lowest BCUT2D eigenvalue weighted by Gasteiger charge is -2.46. The van der Waals surface area contributed by atoms with Gasteiger partial charge in [0, 0.05) is 13.1 Å². The average Bonchev–Trinajstić information content (AvgIpc) is 1.97. The number of piperidine rings is 1. The molecular weight excluding hydrogens is 289 g/mol. The summed E-state index contributed by atoms with van der Waals surface area (Å²) < 4.78 is 0.601. The van der Waals surface area contributed by atoms with E-state index < -0.39 is 0 Å². The molecule has 1 saturated heterocycles. The van der Waals surface area contributed by atoms with E-state index in [1.165, 1.54) is 6.42 Å². The molecule has 0 radical (unpaired) electrons. The first-order valence-electron chi connectivity index (χ1n) is 5.10. The summed E-state index contributed by atoms with van der Waals surface area (Å²) >= 11 is 2.15. The van der Waals surface area contributed by atoms with Crippen molar-refractivity contribution >= 4 is 28.5 Å². The lowest BCUT2D eigenvalue weighted by Crippen LogP contribution is -2.51. The molecular formula is C11H20INO. The van der Waals surface area contributed by atoms with Gasteiger partial charge in [-0.2, -0.15) is 0 Å². The molecule has 0 N–H and O–H groups in total. The van der Waals surface area contributed by atoms with Gasteiger partial charge in [-0.1, -0.05) is 50.3 Å². The summed E-state index contributed by atoms with van der Waals surface area (Å²) in [6.45, 7) is 10.8. The Bertz CT molecular complexity index is 219. The van der Waals surface area contributed by atoms with Gasteiger partial charge in [-0.3, -0.25) is 4.79 Å². The summed E-state index contributed by atoms with van der Waals surface area (Å²) in [6, 6.07) is 0. The molecule has 1 amide bonds. The quantitative estimate of drug-likeness (QED) is 0.539. The first-order valence-corrected chi connectivity index (χ1v) is 6.62. The minimum atomic E-state index is 0.267. The van der Waals surface area contributed by atoms with Crippen molar-refractivity contribution in [2.45, 2.75) is 34.1 Å². The van der Waals surface area contributed by atoms with Crippen LogP contribution in [0.3, 0.4) is 0 Å². The first-order chi connectivity index (χ1) is 6.26. The van der Waals surface area contributed by atoms with Gasteiger partial charge in [-0.15, -0.1) is 0 Å². The van der Waals surface area contributed by atoms with Gasteiger partial charge in [0.25, 0.3) is 0 Å². The molecule has 0 bridgehead atoms. The lowest BCUT2D eigenvalue weighted by molar-refractivity contribution is -0.134. The highest BCUT2D eigenvalue weighted by atomic mass is 127. The zero-order valence-corrected chi connectivity index (χ0v) is 11.7. The van der Waals surface area contributed by atoms with Gasteiger partial charge in [-0.05, 0) is 17.3 Å². The normalized spacial score (nSPS) is 24.8. The summed E-state index contributed by atoms with van der Waals surface area (Å²) in [7, 11) is 0. The molecule has 0 unspecified atom stereocenters. The molecule has 0 aliphatic carbocycles. The number of alkyl halides is 1. The smallest absolute Gasteiger partial charge is 0.232 e. The maximum absolute atomic E-state index is 11.7. The van der Waals surface area contributed by atoms with Crippen LogP contribution in [0.1, 0.15) is 34.1 Å². The number of halogens is 1. The van der Waals surface area contributed by atoms with E-state index in [-0.39, 0.29) is 16.7 Å². The number of rotatable bonds is 1. The Hall–Kier alpha value is 0.200. The second kappa shape index (κ2) is 3.99. The summed E-state index contributed by atoms with van der Waals surface area (Å²) in [5, 5.41) is 0. The Labute approximate surface area is 101 Å². The molecule has 1 fully saturated rings. The molecule has 0 saturated carbocycles. The van der Waals surface area contributed by atoms with Gasteiger partial charge >= 0.3 is 0 Å². The Kier molecular flexibility index (Phi) is 3.49. The van der Waals surface area contributed by atoms with Crippen LogP contribution < -0.4 is 0 Å². The van der Waals surface area contributed by atoms with E-state index in [0.717, 1.165) is 13.1 Å². The number of likely N-dealkylation sites (tertiary alicyclic amines) is 1. The van der Waals surface area contributed by atoms with Crippen LogP contribution in [0, 0.1) is 10.8 Å². The SMILES string of the molecule is CC1(C)CN(C(=O)CI)CC(C)(C)C1. The molecule has 0 aromatic rings. The van der Waals surface area contributed by atoms with Crippen LogP contribution in [0.25, 0.3) is 0 Å². The van der Waals surface area contributed by atoms with E-state index in [9.17, 15) is 4.79 Å². The van der Waals surface area contributed by atoms with Crippen LogP contribution in [0.5, 0.6) is 0 Å². The molecule has 2 nitrogen and oxygen atoms in total. The van der Waals surface area contributed by atoms with Crippen molar-refractivity contribution in [1.82, 2.24) is 4.90 Å². The molecule has 1 aliphatic rings. The number of carbonyl (C=O) groups is 1. The molecule has 1 heterocycles. The molecule has 82 valence electrons. The van der Waals surface area contributed by atoms with Crippen LogP contribution >= 0.6 is 22.6 Å². The minimum absolute atomic E-state index is 0.267. The molecule has 14 heavy (non-hydrogen) atoms. The highest BCUT2D eigenvalue weighted by molar-refractivity contribution is 14.1. The predicted molar refractivity (Wildman–Crippen MR) is 67.6 cm³/mol. The van der Waals surface area contributed by atoms with E-state index in [1.54, 1.807) is 0 Å². The zero-order valence-electron chi connectivity index (χ0n) is 9.56. The molecule has 0 aromatic carbocycles. The van der Waals surface area contributed by atoms with E-state index >= 15 is 0 Å². The Morgan fingerprint density at radius 3 is 2.00 bits per heavy atom. The van der Waals surface area contributed by atoms with Crippen LogP contribution in [-0.4, -0.2) is 28.3 Å². The van der Waals surface area contributed by atoms with Gasteiger partial charge in [0.05, 0.1) is 4.43 Å². The maximum Gasteiger partial charge on any atom is 0.232 e. The monoisotopic (exact) mass is 309 g/mol. The highest BCUT2D eigenvalue weighted by Gasteiger charge is 2.38. The fraction of sp³-hybridized carbons (Fsp3) is 0.909. The third kappa shape index (κ3) is 3.11. The van der Waals surface area contributed by atoms with Crippen molar-refractivity contribution in [3.05, 3.63) is 0 Å². The number of nitrogens with zero attached hydrogens (tertiary/aromatic N) is 1. The third-order valence-corrected chi connectivity index (χ3v) is 3.31. The molecule has 0 atom stereocenters. The topological polar surface area (TPSA) is 20.3 Å². The standard InChI is InChI=1S/C11H20INO/c1-10(2)6-11(3,4)8-13(7-10)9(14)5-12/h5-8H2,1-4H3. The number of hydrogen-bond acceptors (Lipinski definition) is 1. The van der Waals surface area contributed by atoms with Crippen molar-refractivity contribution < 1.29 is 4.79 Å². The Morgan fingerprint density at radius 1 is 1.21 bits per heavy atom. The summed E-state index contributed by atoms with van der Waals surface area (Å²) in [5.41, 5.74) is 0.534. The van der Waals surface area contributed by atoms with Crippen LogP contribution in [-0.2, 0) is 4.79 Å². The molecule has 1 aliphatic heterocycles.